The predicted molar refractivity (Wildman–Crippen MR) is 139 cm³/mol. The average Bonchev–Trinajstić information content (AvgIpc) is 3.37. The van der Waals surface area contributed by atoms with E-state index in [4.69, 9.17) is 5.41 Å². The number of nitrogens with one attached hydrogen (secondary N) is 3. The number of fused-ring (bicyclic) bond motifs is 1. The van der Waals surface area contributed by atoms with Crippen LogP contribution in [0.2, 0.25) is 0 Å². The molecule has 1 aliphatic heterocycles. The van der Waals surface area contributed by atoms with Crippen LogP contribution in [-0.2, 0) is 20.1 Å². The number of nitrogens with zero attached hydrogens (tertiary/aromatic N) is 3. The van der Waals surface area contributed by atoms with Crippen molar-refractivity contribution in [1.29, 1.82) is 5.41 Å². The molecule has 0 saturated heterocycles. The number of para-hydroxylation sites is 1. The molecule has 0 spiro atoms. The van der Waals surface area contributed by atoms with E-state index < -0.39 is 0 Å². The molecule has 0 fully saturated rings. The lowest BCUT2D eigenvalue weighted by molar-refractivity contribution is 0.261. The van der Waals surface area contributed by atoms with Crippen molar-refractivity contribution in [2.45, 2.75) is 19.1 Å². The van der Waals surface area contributed by atoms with Gasteiger partial charge in [0.1, 0.15) is 16.5 Å². The number of hydrogen-bond acceptors (Lipinski definition) is 6. The van der Waals surface area contributed by atoms with Gasteiger partial charge in [-0.2, -0.15) is 0 Å². The Bertz CT molecular complexity index is 1610. The van der Waals surface area contributed by atoms with Crippen LogP contribution in [0.25, 0.3) is 16.9 Å². The van der Waals surface area contributed by atoms with Crippen molar-refractivity contribution in [2.75, 3.05) is 11.9 Å². The molecule has 182 valence electrons. The van der Waals surface area contributed by atoms with E-state index in [1.165, 1.54) is 4.57 Å². The van der Waals surface area contributed by atoms with Crippen LogP contribution in [0.4, 0.5) is 5.69 Å². The second-order valence-electron chi connectivity index (χ2n) is 8.75. The van der Waals surface area contributed by atoms with E-state index in [9.17, 15) is 9.90 Å². The lowest BCUT2D eigenvalue weighted by Gasteiger charge is -2.15. The Balaban J connectivity index is 1.54. The van der Waals surface area contributed by atoms with Gasteiger partial charge in [-0.1, -0.05) is 72.8 Å². The lowest BCUT2D eigenvalue weighted by Crippen LogP contribution is -2.58. The normalized spacial score (nSPS) is 15.1. The summed E-state index contributed by atoms with van der Waals surface area (Å²) in [5.74, 6) is 0.446. The van der Waals surface area contributed by atoms with Gasteiger partial charge in [0.25, 0.3) is 5.56 Å². The molecule has 5 rings (SSSR count). The molecule has 8 heteroatoms. The van der Waals surface area contributed by atoms with Gasteiger partial charge >= 0.3 is 0 Å². The first kappa shape index (κ1) is 23.3. The van der Waals surface area contributed by atoms with Gasteiger partial charge in [-0.3, -0.25) is 19.3 Å². The highest BCUT2D eigenvalue weighted by Gasteiger charge is 2.20. The van der Waals surface area contributed by atoms with Gasteiger partial charge < -0.3 is 15.7 Å². The van der Waals surface area contributed by atoms with Crippen LogP contribution >= 0.6 is 0 Å². The number of aliphatic hydroxyl groups excluding tert-OH is 1. The molecule has 0 aliphatic carbocycles. The fraction of sp³-hybridized carbons (Fsp3) is 0.179. The zero-order valence-electron chi connectivity index (χ0n) is 20.0. The zero-order valence-corrected chi connectivity index (χ0v) is 20.0. The molecule has 1 atom stereocenters. The molecule has 0 amide bonds. The van der Waals surface area contributed by atoms with Crippen molar-refractivity contribution < 1.29 is 5.11 Å². The minimum Gasteiger partial charge on any atom is -0.394 e. The predicted octanol–water partition coefficient (Wildman–Crippen LogP) is 1.29. The van der Waals surface area contributed by atoms with Gasteiger partial charge in [0.05, 0.1) is 19.2 Å². The molecule has 36 heavy (non-hydrogen) atoms. The standard InChI is InChI=1S/C28H28N6O2/c1-33-27(36)24(25(29)34-17-23(18-35)32-28(33)34)26(31-22-10-6-3-7-11-22)30-16-19-12-14-21(15-13-19)20-8-4-2-5-9-20/h2-15,23,29-31,35H,16-18H2,1H3. The third kappa shape index (κ3) is 4.58. The molecule has 0 bridgehead atoms. The van der Waals surface area contributed by atoms with E-state index in [1.807, 2.05) is 48.5 Å². The molecule has 2 heterocycles. The largest absolute Gasteiger partial charge is 0.394 e. The SMILES string of the molecule is Cn1c(=O)c(=C(NCc2ccc(-c3ccccc3)cc2)Nc2ccccc2)c(=N)n2c1=NC(CO)C2. The molecule has 3 aromatic carbocycles. The van der Waals surface area contributed by atoms with E-state index in [-0.39, 0.29) is 28.9 Å². The maximum absolute atomic E-state index is 13.4. The molecule has 1 unspecified atom stereocenters. The highest BCUT2D eigenvalue weighted by atomic mass is 16.3. The number of hydrogen-bond donors (Lipinski definition) is 4. The molecule has 0 radical (unpaired) electrons. The van der Waals surface area contributed by atoms with Crippen molar-refractivity contribution in [3.63, 3.8) is 0 Å². The topological polar surface area (TPSA) is 107 Å². The molecular formula is C28H28N6O2. The summed E-state index contributed by atoms with van der Waals surface area (Å²) in [7, 11) is 1.64. The number of rotatable bonds is 7. The maximum Gasteiger partial charge on any atom is 0.267 e. The first-order chi connectivity index (χ1) is 17.5. The summed E-state index contributed by atoms with van der Waals surface area (Å²) in [6.45, 7) is 0.671. The van der Waals surface area contributed by atoms with E-state index in [2.05, 4.69) is 52.0 Å². The third-order valence-electron chi connectivity index (χ3n) is 6.29. The molecular weight excluding hydrogens is 452 g/mol. The Kier molecular flexibility index (Phi) is 6.51. The van der Waals surface area contributed by atoms with E-state index in [0.717, 1.165) is 22.4 Å². The summed E-state index contributed by atoms with van der Waals surface area (Å²) >= 11 is 0. The number of benzene rings is 3. The second kappa shape index (κ2) is 10.1. The zero-order chi connectivity index (χ0) is 25.1. The Morgan fingerprint density at radius 3 is 2.31 bits per heavy atom. The van der Waals surface area contributed by atoms with Crippen LogP contribution in [-0.4, -0.2) is 26.9 Å². The first-order valence-electron chi connectivity index (χ1n) is 11.8. The molecule has 1 aromatic heterocycles. The highest BCUT2D eigenvalue weighted by Crippen LogP contribution is 2.19. The highest BCUT2D eigenvalue weighted by molar-refractivity contribution is 5.64. The minimum atomic E-state index is -0.364. The van der Waals surface area contributed by atoms with Gasteiger partial charge in [0.2, 0.25) is 5.62 Å². The maximum atomic E-state index is 13.4. The van der Waals surface area contributed by atoms with Crippen molar-refractivity contribution in [3.8, 4) is 11.1 Å². The molecule has 0 saturated carbocycles. The smallest absolute Gasteiger partial charge is 0.267 e. The fourth-order valence-electron chi connectivity index (χ4n) is 4.34. The molecule has 4 N–H and O–H groups in total. The van der Waals surface area contributed by atoms with E-state index >= 15 is 0 Å². The van der Waals surface area contributed by atoms with Crippen LogP contribution in [0.3, 0.4) is 0 Å². The van der Waals surface area contributed by atoms with Crippen molar-refractivity contribution in [2.24, 2.45) is 12.0 Å². The quantitative estimate of drug-likeness (QED) is 0.320. The number of anilines is 1. The molecule has 4 aromatic rings. The number of aromatic nitrogens is 2. The van der Waals surface area contributed by atoms with Crippen molar-refractivity contribution in [3.05, 3.63) is 117 Å². The van der Waals surface area contributed by atoms with Gasteiger partial charge in [-0.25, -0.2) is 4.99 Å². The van der Waals surface area contributed by atoms with Gasteiger partial charge in [-0.15, -0.1) is 0 Å². The summed E-state index contributed by atoms with van der Waals surface area (Å²) < 4.78 is 3.10. The monoisotopic (exact) mass is 480 g/mol. The first-order valence-corrected chi connectivity index (χ1v) is 11.8. The van der Waals surface area contributed by atoms with Crippen LogP contribution in [0.1, 0.15) is 5.56 Å². The molecule has 1 aliphatic rings. The average molecular weight is 481 g/mol. The second-order valence-corrected chi connectivity index (χ2v) is 8.75. The van der Waals surface area contributed by atoms with Crippen LogP contribution in [0.15, 0.2) is 94.7 Å². The minimum absolute atomic E-state index is 0.0538. The van der Waals surface area contributed by atoms with Gasteiger partial charge in [-0.05, 0) is 28.8 Å². The van der Waals surface area contributed by atoms with Gasteiger partial charge in [0, 0.05) is 19.3 Å². The Morgan fingerprint density at radius 1 is 1.00 bits per heavy atom. The summed E-state index contributed by atoms with van der Waals surface area (Å²) in [6, 6.07) is 27.6. The Morgan fingerprint density at radius 2 is 1.64 bits per heavy atom. The fourth-order valence-corrected chi connectivity index (χ4v) is 4.34. The Labute approximate surface area is 208 Å². The van der Waals surface area contributed by atoms with Crippen LogP contribution in [0.5, 0.6) is 0 Å². The lowest BCUT2D eigenvalue weighted by atomic mass is 10.0. The van der Waals surface area contributed by atoms with Crippen molar-refractivity contribution >= 4 is 11.5 Å². The third-order valence-corrected chi connectivity index (χ3v) is 6.29. The summed E-state index contributed by atoms with van der Waals surface area (Å²) in [5, 5.41) is 25.3. The summed E-state index contributed by atoms with van der Waals surface area (Å²) in [6.07, 6.45) is 0. The number of aliphatic hydroxyl groups is 1. The van der Waals surface area contributed by atoms with E-state index in [0.29, 0.717) is 24.5 Å². The summed E-state index contributed by atoms with van der Waals surface area (Å²) in [5.41, 5.74) is 4.23. The van der Waals surface area contributed by atoms with Crippen LogP contribution < -0.4 is 32.5 Å². The van der Waals surface area contributed by atoms with Crippen molar-refractivity contribution in [1.82, 2.24) is 14.5 Å². The summed E-state index contributed by atoms with van der Waals surface area (Å²) in [4.78, 5) is 17.8. The van der Waals surface area contributed by atoms with Gasteiger partial charge in [0.15, 0.2) is 0 Å². The van der Waals surface area contributed by atoms with Crippen LogP contribution in [0, 0.1) is 5.41 Å². The Hall–Kier alpha value is -4.43. The molecule has 8 nitrogen and oxygen atoms in total. The van der Waals surface area contributed by atoms with E-state index in [1.54, 1.807) is 11.6 Å².